The van der Waals surface area contributed by atoms with Gasteiger partial charge in [0.1, 0.15) is 12.4 Å². The van der Waals surface area contributed by atoms with Gasteiger partial charge in [-0.05, 0) is 41.8 Å². The van der Waals surface area contributed by atoms with E-state index in [1.54, 1.807) is 4.90 Å². The van der Waals surface area contributed by atoms with Crippen molar-refractivity contribution in [1.29, 1.82) is 0 Å². The Balaban J connectivity index is 1.94. The second-order valence-electron chi connectivity index (χ2n) is 6.83. The Morgan fingerprint density at radius 1 is 1.08 bits per heavy atom. The summed E-state index contributed by atoms with van der Waals surface area (Å²) in [6, 6.07) is 17.2. The van der Waals surface area contributed by atoms with Crippen molar-refractivity contribution in [2.45, 2.75) is 20.5 Å². The van der Waals surface area contributed by atoms with Crippen molar-refractivity contribution < 1.29 is 9.53 Å². The number of hydrogen-bond acceptors (Lipinski definition) is 3. The van der Waals surface area contributed by atoms with Crippen molar-refractivity contribution in [3.05, 3.63) is 65.7 Å². The Bertz CT molecular complexity index is 651. The third-order valence-corrected chi connectivity index (χ3v) is 3.91. The number of nitrogens with two attached hydrogens (primary N) is 1. The number of rotatable bonds is 7. The molecule has 128 valence electrons. The van der Waals surface area contributed by atoms with Gasteiger partial charge in [0.15, 0.2) is 0 Å². The normalized spacial score (nSPS) is 11.2. The zero-order chi connectivity index (χ0) is 17.6. The highest BCUT2D eigenvalue weighted by Gasteiger charge is 2.21. The molecule has 24 heavy (non-hydrogen) atoms. The molecule has 0 heterocycles. The topological polar surface area (TPSA) is 55.6 Å². The third-order valence-electron chi connectivity index (χ3n) is 3.91. The first kappa shape index (κ1) is 18.0. The van der Waals surface area contributed by atoms with Gasteiger partial charge in [0.2, 0.25) is 0 Å². The van der Waals surface area contributed by atoms with Gasteiger partial charge in [-0.3, -0.25) is 4.79 Å². The second kappa shape index (κ2) is 7.97. The maximum Gasteiger partial charge on any atom is 0.253 e. The second-order valence-corrected chi connectivity index (χ2v) is 6.83. The average Bonchev–Trinajstić information content (AvgIpc) is 2.60. The Morgan fingerprint density at radius 2 is 1.71 bits per heavy atom. The number of carbonyl (C=O) groups excluding carboxylic acids is 1. The fourth-order valence-electron chi connectivity index (χ4n) is 2.43. The van der Waals surface area contributed by atoms with Gasteiger partial charge < -0.3 is 15.4 Å². The predicted octanol–water partition coefficient (Wildman–Crippen LogP) is 3.32. The molecular weight excluding hydrogens is 300 g/mol. The number of hydrogen-bond donors (Lipinski definition) is 1. The molecule has 4 heteroatoms. The molecule has 0 aliphatic rings. The van der Waals surface area contributed by atoms with Crippen LogP contribution in [0, 0.1) is 5.41 Å². The van der Waals surface area contributed by atoms with E-state index in [9.17, 15) is 4.79 Å². The fraction of sp³-hybridized carbons (Fsp3) is 0.350. The lowest BCUT2D eigenvalue weighted by Gasteiger charge is -2.29. The van der Waals surface area contributed by atoms with E-state index in [0.717, 1.165) is 11.3 Å². The van der Waals surface area contributed by atoms with Gasteiger partial charge in [-0.2, -0.15) is 0 Å². The van der Waals surface area contributed by atoms with Crippen LogP contribution in [0.3, 0.4) is 0 Å². The molecule has 0 fully saturated rings. The van der Waals surface area contributed by atoms with Crippen LogP contribution >= 0.6 is 0 Å². The molecular formula is C20H26N2O2. The van der Waals surface area contributed by atoms with E-state index in [2.05, 4.69) is 13.8 Å². The van der Waals surface area contributed by atoms with Crippen molar-refractivity contribution in [3.8, 4) is 5.75 Å². The van der Waals surface area contributed by atoms with E-state index in [4.69, 9.17) is 10.5 Å². The highest BCUT2D eigenvalue weighted by atomic mass is 16.5. The van der Waals surface area contributed by atoms with Crippen LogP contribution in [0.1, 0.15) is 29.8 Å². The summed E-state index contributed by atoms with van der Waals surface area (Å²) in [4.78, 5) is 14.2. The van der Waals surface area contributed by atoms with Gasteiger partial charge in [-0.25, -0.2) is 0 Å². The Kier molecular flexibility index (Phi) is 5.99. The van der Waals surface area contributed by atoms with Crippen molar-refractivity contribution in [2.24, 2.45) is 11.1 Å². The molecule has 0 saturated carbocycles. The predicted molar refractivity (Wildman–Crippen MR) is 97.0 cm³/mol. The summed E-state index contributed by atoms with van der Waals surface area (Å²) in [6.45, 7) is 5.76. The van der Waals surface area contributed by atoms with Crippen LogP contribution in [0.2, 0.25) is 0 Å². The minimum Gasteiger partial charge on any atom is -0.489 e. The van der Waals surface area contributed by atoms with Gasteiger partial charge >= 0.3 is 0 Å². The zero-order valence-corrected chi connectivity index (χ0v) is 14.7. The summed E-state index contributed by atoms with van der Waals surface area (Å²) in [5, 5.41) is 0. The standard InChI is InChI=1S/C20H26N2O2/c1-20(2,14-21)15-22(3)19(23)17-11-9-16(10-12-17)13-24-18-7-5-4-6-8-18/h4-12H,13-15,21H2,1-3H3. The van der Waals surface area contributed by atoms with Gasteiger partial charge in [-0.1, -0.05) is 44.2 Å². The van der Waals surface area contributed by atoms with Crippen LogP contribution < -0.4 is 10.5 Å². The summed E-state index contributed by atoms with van der Waals surface area (Å²) in [7, 11) is 1.81. The number of benzene rings is 2. The monoisotopic (exact) mass is 326 g/mol. The molecule has 0 aliphatic heterocycles. The van der Waals surface area contributed by atoms with E-state index >= 15 is 0 Å². The molecule has 2 aromatic carbocycles. The molecule has 1 amide bonds. The van der Waals surface area contributed by atoms with Gasteiger partial charge in [0.05, 0.1) is 0 Å². The molecule has 2 aromatic rings. The van der Waals surface area contributed by atoms with E-state index in [-0.39, 0.29) is 11.3 Å². The maximum absolute atomic E-state index is 12.5. The van der Waals surface area contributed by atoms with Gasteiger partial charge in [0, 0.05) is 19.2 Å². The number of para-hydroxylation sites is 1. The minimum atomic E-state index is -0.0894. The Morgan fingerprint density at radius 3 is 2.29 bits per heavy atom. The molecule has 2 rings (SSSR count). The smallest absolute Gasteiger partial charge is 0.253 e. The molecule has 2 N–H and O–H groups in total. The zero-order valence-electron chi connectivity index (χ0n) is 14.7. The van der Waals surface area contributed by atoms with E-state index in [1.807, 2.05) is 61.6 Å². The molecule has 0 spiro atoms. The lowest BCUT2D eigenvalue weighted by atomic mass is 9.93. The highest BCUT2D eigenvalue weighted by Crippen LogP contribution is 2.17. The largest absolute Gasteiger partial charge is 0.489 e. The van der Waals surface area contributed by atoms with Crippen molar-refractivity contribution in [2.75, 3.05) is 20.1 Å². The highest BCUT2D eigenvalue weighted by molar-refractivity contribution is 5.94. The summed E-state index contributed by atoms with van der Waals surface area (Å²) >= 11 is 0. The van der Waals surface area contributed by atoms with E-state index in [1.165, 1.54) is 0 Å². The maximum atomic E-state index is 12.5. The molecule has 0 aliphatic carbocycles. The van der Waals surface area contributed by atoms with Crippen molar-refractivity contribution in [3.63, 3.8) is 0 Å². The first-order valence-electron chi connectivity index (χ1n) is 8.13. The van der Waals surface area contributed by atoms with Crippen LogP contribution in [0.25, 0.3) is 0 Å². The van der Waals surface area contributed by atoms with E-state index in [0.29, 0.717) is 25.3 Å². The molecule has 0 radical (unpaired) electrons. The van der Waals surface area contributed by atoms with Gasteiger partial charge in [0.25, 0.3) is 5.91 Å². The van der Waals surface area contributed by atoms with Crippen LogP contribution in [-0.2, 0) is 6.61 Å². The number of nitrogens with zero attached hydrogens (tertiary/aromatic N) is 1. The van der Waals surface area contributed by atoms with Crippen molar-refractivity contribution in [1.82, 2.24) is 4.90 Å². The Hall–Kier alpha value is -2.33. The van der Waals surface area contributed by atoms with Crippen LogP contribution in [0.15, 0.2) is 54.6 Å². The molecule has 0 aromatic heterocycles. The SMILES string of the molecule is CN(CC(C)(C)CN)C(=O)c1ccc(COc2ccccc2)cc1. The lowest BCUT2D eigenvalue weighted by Crippen LogP contribution is -2.39. The summed E-state index contributed by atoms with van der Waals surface area (Å²) in [5.74, 6) is 0.841. The first-order valence-corrected chi connectivity index (χ1v) is 8.13. The first-order chi connectivity index (χ1) is 11.4. The van der Waals surface area contributed by atoms with Gasteiger partial charge in [-0.15, -0.1) is 0 Å². The lowest BCUT2D eigenvalue weighted by molar-refractivity contribution is 0.0740. The van der Waals surface area contributed by atoms with Crippen LogP contribution in [-0.4, -0.2) is 30.9 Å². The molecule has 0 atom stereocenters. The molecule has 0 bridgehead atoms. The number of carbonyl (C=O) groups is 1. The molecule has 0 unspecified atom stereocenters. The summed E-state index contributed by atoms with van der Waals surface area (Å²) in [5.41, 5.74) is 7.36. The average molecular weight is 326 g/mol. The van der Waals surface area contributed by atoms with Crippen LogP contribution in [0.4, 0.5) is 0 Å². The summed E-state index contributed by atoms with van der Waals surface area (Å²) < 4.78 is 5.71. The molecule has 0 saturated heterocycles. The summed E-state index contributed by atoms with van der Waals surface area (Å²) in [6.07, 6.45) is 0. The van der Waals surface area contributed by atoms with Crippen molar-refractivity contribution >= 4 is 5.91 Å². The fourth-order valence-corrected chi connectivity index (χ4v) is 2.43. The minimum absolute atomic E-state index is 0.00653. The quantitative estimate of drug-likeness (QED) is 0.849. The van der Waals surface area contributed by atoms with E-state index < -0.39 is 0 Å². The Labute approximate surface area is 144 Å². The van der Waals surface area contributed by atoms with Crippen LogP contribution in [0.5, 0.6) is 5.75 Å². The third kappa shape index (κ3) is 5.10. The number of ether oxygens (including phenoxy) is 1. The number of amides is 1. The molecule has 4 nitrogen and oxygen atoms in total.